The number of thiocarbonyl (C=S) groups is 1. The lowest BCUT2D eigenvalue weighted by atomic mass is 10.0. The molecule has 0 bridgehead atoms. The summed E-state index contributed by atoms with van der Waals surface area (Å²) in [6.45, 7) is 0.384. The van der Waals surface area contributed by atoms with Crippen LogP contribution in [0.15, 0.2) is 59.1 Å². The van der Waals surface area contributed by atoms with Gasteiger partial charge >= 0.3 is 5.97 Å². The fourth-order valence-corrected chi connectivity index (χ4v) is 4.22. The molecule has 1 aliphatic rings. The van der Waals surface area contributed by atoms with Crippen LogP contribution >= 0.6 is 35.4 Å². The number of nitrogens with one attached hydrogen (secondary N) is 1. The Hall–Kier alpha value is -2.61. The van der Waals surface area contributed by atoms with Crippen molar-refractivity contribution in [3.05, 3.63) is 76.2 Å². The molecule has 1 fully saturated rings. The van der Waals surface area contributed by atoms with Gasteiger partial charge in [0.15, 0.2) is 5.11 Å². The first-order chi connectivity index (χ1) is 15.0. The van der Waals surface area contributed by atoms with E-state index in [1.165, 1.54) is 7.11 Å². The van der Waals surface area contributed by atoms with Crippen LogP contribution in [0.25, 0.3) is 11.3 Å². The number of ether oxygens (including phenoxy) is 1. The summed E-state index contributed by atoms with van der Waals surface area (Å²) in [5.41, 5.74) is 1.63. The predicted octanol–water partition coefficient (Wildman–Crippen LogP) is 5.18. The summed E-state index contributed by atoms with van der Waals surface area (Å²) < 4.78 is 11.0. The Morgan fingerprint density at radius 1 is 1.23 bits per heavy atom. The summed E-state index contributed by atoms with van der Waals surface area (Å²) in [5, 5.41) is 4.77. The van der Waals surface area contributed by atoms with E-state index in [0.29, 0.717) is 33.2 Å². The summed E-state index contributed by atoms with van der Waals surface area (Å²) in [7, 11) is 1.37. The second kappa shape index (κ2) is 9.26. The number of benzene rings is 1. The number of methoxy groups -OCH3 is 1. The molecule has 31 heavy (non-hydrogen) atoms. The predicted molar refractivity (Wildman–Crippen MR) is 123 cm³/mol. The van der Waals surface area contributed by atoms with E-state index in [0.717, 1.165) is 11.3 Å². The standard InChI is InChI=1S/C22H19Cl2N3O3S/c1-29-19(28)9-11-27-21(20(26-22(27)31)16-4-2-3-10-25-16)18-8-7-17(30-18)13-5-6-14(23)15(24)12-13/h2-8,10,12,20-21H,9,11H2,1H3,(H,26,31). The average molecular weight is 476 g/mol. The zero-order valence-electron chi connectivity index (χ0n) is 16.5. The van der Waals surface area contributed by atoms with Crippen molar-refractivity contribution in [2.45, 2.75) is 18.5 Å². The van der Waals surface area contributed by atoms with Crippen LogP contribution in [0.1, 0.15) is 30.0 Å². The molecule has 160 valence electrons. The van der Waals surface area contributed by atoms with Crippen LogP contribution in [0, 0.1) is 0 Å². The van der Waals surface area contributed by atoms with Gasteiger partial charge in [0.1, 0.15) is 17.6 Å². The third-order valence-corrected chi connectivity index (χ3v) is 6.20. The molecule has 2 atom stereocenters. The first-order valence-electron chi connectivity index (χ1n) is 9.58. The molecule has 1 saturated heterocycles. The highest BCUT2D eigenvalue weighted by Gasteiger charge is 2.41. The molecule has 0 aliphatic carbocycles. The molecular formula is C22H19Cl2N3O3S. The zero-order valence-corrected chi connectivity index (χ0v) is 18.9. The normalized spacial score (nSPS) is 18.2. The summed E-state index contributed by atoms with van der Waals surface area (Å²) in [6, 6.07) is 14.3. The molecule has 1 N–H and O–H groups in total. The molecule has 6 nitrogen and oxygen atoms in total. The molecule has 0 radical (unpaired) electrons. The Morgan fingerprint density at radius 3 is 2.77 bits per heavy atom. The summed E-state index contributed by atoms with van der Waals surface area (Å²) in [6.07, 6.45) is 1.93. The van der Waals surface area contributed by atoms with Crippen molar-refractivity contribution in [2.24, 2.45) is 0 Å². The zero-order chi connectivity index (χ0) is 22.0. The number of carbonyl (C=O) groups is 1. The molecule has 1 aliphatic heterocycles. The van der Waals surface area contributed by atoms with E-state index in [9.17, 15) is 4.79 Å². The SMILES string of the molecule is COC(=O)CCN1C(=S)NC(c2ccccn2)C1c1ccc(-c2ccc(Cl)c(Cl)c2)o1. The van der Waals surface area contributed by atoms with Gasteiger partial charge in [-0.05, 0) is 54.7 Å². The van der Waals surface area contributed by atoms with Crippen molar-refractivity contribution in [2.75, 3.05) is 13.7 Å². The maximum absolute atomic E-state index is 11.7. The van der Waals surface area contributed by atoms with Crippen LogP contribution in [-0.2, 0) is 9.53 Å². The number of rotatable bonds is 6. The van der Waals surface area contributed by atoms with Gasteiger partial charge in [-0.3, -0.25) is 9.78 Å². The van der Waals surface area contributed by atoms with Gasteiger partial charge < -0.3 is 19.4 Å². The minimum Gasteiger partial charge on any atom is -0.469 e. The van der Waals surface area contributed by atoms with Crippen LogP contribution in [0.4, 0.5) is 0 Å². The van der Waals surface area contributed by atoms with Crippen LogP contribution in [0.5, 0.6) is 0 Å². The monoisotopic (exact) mass is 475 g/mol. The van der Waals surface area contributed by atoms with Crippen LogP contribution < -0.4 is 5.32 Å². The van der Waals surface area contributed by atoms with Crippen LogP contribution in [0.2, 0.25) is 10.0 Å². The molecule has 2 unspecified atom stereocenters. The van der Waals surface area contributed by atoms with Gasteiger partial charge in [0.05, 0.1) is 35.3 Å². The molecule has 3 aromatic rings. The van der Waals surface area contributed by atoms with Gasteiger partial charge in [0.25, 0.3) is 0 Å². The number of furan rings is 1. The van der Waals surface area contributed by atoms with Gasteiger partial charge in [0.2, 0.25) is 0 Å². The number of carbonyl (C=O) groups excluding carboxylic acids is 1. The van der Waals surface area contributed by atoms with Gasteiger partial charge in [-0.15, -0.1) is 0 Å². The number of nitrogens with zero attached hydrogens (tertiary/aromatic N) is 2. The third kappa shape index (κ3) is 4.54. The molecule has 1 aromatic carbocycles. The molecule has 2 aromatic heterocycles. The Labute approximate surface area is 195 Å². The van der Waals surface area contributed by atoms with E-state index in [2.05, 4.69) is 10.3 Å². The molecule has 0 amide bonds. The van der Waals surface area contributed by atoms with E-state index < -0.39 is 0 Å². The molecule has 9 heteroatoms. The largest absolute Gasteiger partial charge is 0.469 e. The van der Waals surface area contributed by atoms with E-state index in [1.807, 2.05) is 41.3 Å². The van der Waals surface area contributed by atoms with Crippen molar-refractivity contribution >= 4 is 46.5 Å². The minimum atomic E-state index is -0.307. The average Bonchev–Trinajstić information content (AvgIpc) is 3.39. The Bertz CT molecular complexity index is 1110. The van der Waals surface area contributed by atoms with E-state index >= 15 is 0 Å². The topological polar surface area (TPSA) is 67.6 Å². The fraction of sp³-hybridized carbons (Fsp3) is 0.227. The second-order valence-electron chi connectivity index (χ2n) is 6.98. The quantitative estimate of drug-likeness (QED) is 0.388. The van der Waals surface area contributed by atoms with Crippen LogP contribution in [0.3, 0.4) is 0 Å². The van der Waals surface area contributed by atoms with Crippen molar-refractivity contribution in [3.63, 3.8) is 0 Å². The second-order valence-corrected chi connectivity index (χ2v) is 8.18. The fourth-order valence-electron chi connectivity index (χ4n) is 3.59. The molecule has 3 heterocycles. The molecular weight excluding hydrogens is 457 g/mol. The highest BCUT2D eigenvalue weighted by Crippen LogP contribution is 2.41. The summed E-state index contributed by atoms with van der Waals surface area (Å²) in [4.78, 5) is 18.2. The van der Waals surface area contributed by atoms with Crippen molar-refractivity contribution in [3.8, 4) is 11.3 Å². The molecule has 0 spiro atoms. The Balaban J connectivity index is 1.69. The lowest BCUT2D eigenvalue weighted by molar-refractivity contribution is -0.140. The maximum Gasteiger partial charge on any atom is 0.307 e. The summed E-state index contributed by atoms with van der Waals surface area (Å²) >= 11 is 17.8. The Kier molecular flexibility index (Phi) is 6.46. The molecule has 4 rings (SSSR count). The number of hydrogen-bond acceptors (Lipinski definition) is 5. The third-order valence-electron chi connectivity index (χ3n) is 5.10. The smallest absolute Gasteiger partial charge is 0.307 e. The number of pyridine rings is 1. The maximum atomic E-state index is 11.7. The van der Waals surface area contributed by atoms with Gasteiger partial charge in [-0.1, -0.05) is 29.3 Å². The van der Waals surface area contributed by atoms with Crippen LogP contribution in [-0.4, -0.2) is 34.6 Å². The first-order valence-corrected chi connectivity index (χ1v) is 10.7. The highest BCUT2D eigenvalue weighted by atomic mass is 35.5. The minimum absolute atomic E-state index is 0.199. The molecule has 0 saturated carbocycles. The van der Waals surface area contributed by atoms with Crippen molar-refractivity contribution in [1.29, 1.82) is 0 Å². The van der Waals surface area contributed by atoms with Crippen molar-refractivity contribution < 1.29 is 13.9 Å². The number of hydrogen-bond donors (Lipinski definition) is 1. The first kappa shape index (κ1) is 21.6. The van der Waals surface area contributed by atoms with Gasteiger partial charge in [0, 0.05) is 18.3 Å². The highest BCUT2D eigenvalue weighted by molar-refractivity contribution is 7.80. The van der Waals surface area contributed by atoms with E-state index in [1.54, 1.807) is 18.3 Å². The van der Waals surface area contributed by atoms with E-state index in [4.69, 9.17) is 44.6 Å². The Morgan fingerprint density at radius 2 is 2.06 bits per heavy atom. The van der Waals surface area contributed by atoms with Gasteiger partial charge in [-0.2, -0.15) is 0 Å². The number of halogens is 2. The number of esters is 1. The van der Waals surface area contributed by atoms with Gasteiger partial charge in [-0.25, -0.2) is 0 Å². The number of aromatic nitrogens is 1. The lowest BCUT2D eigenvalue weighted by Crippen LogP contribution is -2.31. The summed E-state index contributed by atoms with van der Waals surface area (Å²) in [5.74, 6) is 1.03. The lowest BCUT2D eigenvalue weighted by Gasteiger charge is -2.25. The van der Waals surface area contributed by atoms with Crippen molar-refractivity contribution in [1.82, 2.24) is 15.2 Å². The van der Waals surface area contributed by atoms with E-state index in [-0.39, 0.29) is 24.5 Å².